The summed E-state index contributed by atoms with van der Waals surface area (Å²) in [7, 11) is 0. The van der Waals surface area contributed by atoms with E-state index in [2.05, 4.69) is 21.2 Å². The van der Waals surface area contributed by atoms with Crippen molar-refractivity contribution in [2.45, 2.75) is 26.3 Å². The van der Waals surface area contributed by atoms with E-state index >= 15 is 0 Å². The third kappa shape index (κ3) is 3.04. The first kappa shape index (κ1) is 13.2. The van der Waals surface area contributed by atoms with E-state index in [1.165, 1.54) is 6.92 Å². The van der Waals surface area contributed by atoms with Gasteiger partial charge in [-0.15, -0.1) is 6.42 Å². The lowest BCUT2D eigenvalue weighted by Crippen LogP contribution is -2.18. The highest BCUT2D eigenvalue weighted by molar-refractivity contribution is 6.28. The Morgan fingerprint density at radius 2 is 2.29 bits per heavy atom. The molecule has 0 saturated carbocycles. The van der Waals surface area contributed by atoms with Crippen molar-refractivity contribution in [2.24, 2.45) is 0 Å². The van der Waals surface area contributed by atoms with Crippen molar-refractivity contribution in [1.82, 2.24) is 9.97 Å². The Labute approximate surface area is 104 Å². The Balaban J connectivity index is 3.22. The summed E-state index contributed by atoms with van der Waals surface area (Å²) >= 11 is 5.66. The number of nitro groups is 1. The predicted octanol–water partition coefficient (Wildman–Crippen LogP) is 2.17. The van der Waals surface area contributed by atoms with Gasteiger partial charge in [-0.2, -0.15) is 4.98 Å². The fourth-order valence-corrected chi connectivity index (χ4v) is 1.49. The maximum absolute atomic E-state index is 10.9. The molecule has 1 aromatic heterocycles. The van der Waals surface area contributed by atoms with Crippen LogP contribution in [0.15, 0.2) is 0 Å². The molecule has 1 rings (SSSR count). The summed E-state index contributed by atoms with van der Waals surface area (Å²) in [5.41, 5.74) is -0.00697. The van der Waals surface area contributed by atoms with Gasteiger partial charge in [0, 0.05) is 0 Å². The van der Waals surface area contributed by atoms with Gasteiger partial charge in [0.1, 0.15) is 5.69 Å². The van der Waals surface area contributed by atoms with Crippen LogP contribution in [0.1, 0.15) is 19.0 Å². The normalized spacial score (nSPS) is 11.6. The molecule has 0 fully saturated rings. The molecule has 0 radical (unpaired) electrons. The van der Waals surface area contributed by atoms with E-state index < -0.39 is 4.92 Å². The van der Waals surface area contributed by atoms with Crippen LogP contribution in [0.2, 0.25) is 5.28 Å². The van der Waals surface area contributed by atoms with Crippen LogP contribution in [0.5, 0.6) is 0 Å². The summed E-state index contributed by atoms with van der Waals surface area (Å²) in [6.07, 6.45) is 5.89. The summed E-state index contributed by atoms with van der Waals surface area (Å²) in [4.78, 5) is 17.9. The molecule has 1 N–H and O–H groups in total. The Bertz CT molecular complexity index is 484. The van der Waals surface area contributed by atoms with Gasteiger partial charge in [-0.05, 0) is 24.9 Å². The molecular formula is C10H11ClN4O2. The summed E-state index contributed by atoms with van der Waals surface area (Å²) < 4.78 is 0. The van der Waals surface area contributed by atoms with Gasteiger partial charge >= 0.3 is 5.69 Å². The van der Waals surface area contributed by atoms with E-state index in [1.807, 2.05) is 6.92 Å². The summed E-state index contributed by atoms with van der Waals surface area (Å²) in [6, 6.07) is -0.334. The van der Waals surface area contributed by atoms with Crippen LogP contribution in [0.4, 0.5) is 11.5 Å². The summed E-state index contributed by atoms with van der Waals surface area (Å²) in [5.74, 6) is 2.52. The molecule has 1 atom stereocenters. The number of rotatable bonds is 4. The highest BCUT2D eigenvalue weighted by atomic mass is 35.5. The Hall–Kier alpha value is -1.87. The first-order chi connectivity index (χ1) is 7.99. The SMILES string of the molecule is C#CC(CC)Nc1nc(Cl)nc(C)c1[N+](=O)[O-]. The van der Waals surface area contributed by atoms with Crippen molar-refractivity contribution in [3.63, 3.8) is 0 Å². The fourth-order valence-electron chi connectivity index (χ4n) is 1.28. The molecule has 0 aromatic carbocycles. The van der Waals surface area contributed by atoms with E-state index in [9.17, 15) is 10.1 Å². The molecule has 17 heavy (non-hydrogen) atoms. The topological polar surface area (TPSA) is 81.0 Å². The smallest absolute Gasteiger partial charge is 0.332 e. The highest BCUT2D eigenvalue weighted by Crippen LogP contribution is 2.27. The van der Waals surface area contributed by atoms with E-state index in [1.54, 1.807) is 0 Å². The number of aryl methyl sites for hydroxylation is 1. The van der Waals surface area contributed by atoms with Crippen molar-refractivity contribution >= 4 is 23.1 Å². The number of terminal acetylenes is 1. The maximum Gasteiger partial charge on any atom is 0.332 e. The van der Waals surface area contributed by atoms with Crippen LogP contribution < -0.4 is 5.32 Å². The van der Waals surface area contributed by atoms with Crippen molar-refractivity contribution in [1.29, 1.82) is 0 Å². The van der Waals surface area contributed by atoms with Gasteiger partial charge < -0.3 is 5.32 Å². The van der Waals surface area contributed by atoms with Gasteiger partial charge in [-0.3, -0.25) is 10.1 Å². The quantitative estimate of drug-likeness (QED) is 0.385. The molecule has 0 aliphatic rings. The molecule has 0 bridgehead atoms. The fraction of sp³-hybridized carbons (Fsp3) is 0.400. The lowest BCUT2D eigenvalue weighted by Gasteiger charge is -2.12. The van der Waals surface area contributed by atoms with Crippen molar-refractivity contribution in [3.8, 4) is 12.3 Å². The second-order valence-corrected chi connectivity index (χ2v) is 3.64. The zero-order valence-corrected chi connectivity index (χ0v) is 10.2. The summed E-state index contributed by atoms with van der Waals surface area (Å²) in [5, 5.41) is 13.6. The lowest BCUT2D eigenvalue weighted by molar-refractivity contribution is -0.385. The van der Waals surface area contributed by atoms with Crippen molar-refractivity contribution in [3.05, 3.63) is 21.1 Å². The second-order valence-electron chi connectivity index (χ2n) is 3.30. The third-order valence-corrected chi connectivity index (χ3v) is 2.30. The molecule has 0 aliphatic heterocycles. The lowest BCUT2D eigenvalue weighted by atomic mass is 10.2. The molecule has 0 amide bonds. The van der Waals surface area contributed by atoms with Gasteiger partial charge in [0.2, 0.25) is 11.1 Å². The second kappa shape index (κ2) is 5.46. The Kier molecular flexibility index (Phi) is 4.24. The van der Waals surface area contributed by atoms with Gasteiger partial charge in [0.15, 0.2) is 0 Å². The predicted molar refractivity (Wildman–Crippen MR) is 65.0 cm³/mol. The van der Waals surface area contributed by atoms with Gasteiger partial charge in [0.25, 0.3) is 0 Å². The average molecular weight is 255 g/mol. The first-order valence-electron chi connectivity index (χ1n) is 4.90. The molecule has 0 spiro atoms. The number of halogens is 1. The number of hydrogen-bond donors (Lipinski definition) is 1. The minimum absolute atomic E-state index is 0.0531. The average Bonchev–Trinajstić information content (AvgIpc) is 2.24. The van der Waals surface area contributed by atoms with Crippen LogP contribution >= 0.6 is 11.6 Å². The van der Waals surface area contributed by atoms with Crippen LogP contribution in [0, 0.1) is 29.4 Å². The van der Waals surface area contributed by atoms with Crippen molar-refractivity contribution in [2.75, 3.05) is 5.32 Å². The molecule has 6 nitrogen and oxygen atoms in total. The zero-order chi connectivity index (χ0) is 13.0. The van der Waals surface area contributed by atoms with E-state index in [4.69, 9.17) is 18.0 Å². The molecule has 7 heteroatoms. The van der Waals surface area contributed by atoms with Crippen LogP contribution in [0.25, 0.3) is 0 Å². The van der Waals surface area contributed by atoms with E-state index in [0.717, 1.165) is 0 Å². The van der Waals surface area contributed by atoms with Gasteiger partial charge in [-0.25, -0.2) is 4.98 Å². The first-order valence-corrected chi connectivity index (χ1v) is 5.28. The molecule has 0 saturated heterocycles. The number of aromatic nitrogens is 2. The minimum atomic E-state index is -0.558. The molecule has 1 unspecified atom stereocenters. The Morgan fingerprint density at radius 1 is 1.65 bits per heavy atom. The van der Waals surface area contributed by atoms with Crippen LogP contribution in [-0.2, 0) is 0 Å². The standard InChI is InChI=1S/C10H11ClN4O2/c1-4-7(5-2)13-9-8(15(16)17)6(3)12-10(11)14-9/h1,7H,5H2,2-3H3,(H,12,13,14). The third-order valence-electron chi connectivity index (χ3n) is 2.13. The van der Waals surface area contributed by atoms with E-state index in [-0.39, 0.29) is 28.5 Å². The monoisotopic (exact) mass is 254 g/mol. The molecule has 1 aromatic rings. The highest BCUT2D eigenvalue weighted by Gasteiger charge is 2.22. The largest absolute Gasteiger partial charge is 0.351 e. The maximum atomic E-state index is 10.9. The number of anilines is 1. The molecule has 1 heterocycles. The molecule has 90 valence electrons. The Morgan fingerprint density at radius 3 is 2.76 bits per heavy atom. The van der Waals surface area contributed by atoms with Crippen molar-refractivity contribution < 1.29 is 4.92 Å². The molecular weight excluding hydrogens is 244 g/mol. The summed E-state index contributed by atoms with van der Waals surface area (Å²) in [6.45, 7) is 3.35. The van der Waals surface area contributed by atoms with Gasteiger partial charge in [0.05, 0.1) is 11.0 Å². The molecule has 0 aliphatic carbocycles. The minimum Gasteiger partial charge on any atom is -0.351 e. The zero-order valence-electron chi connectivity index (χ0n) is 9.40. The van der Waals surface area contributed by atoms with Crippen LogP contribution in [0.3, 0.4) is 0 Å². The van der Waals surface area contributed by atoms with E-state index in [0.29, 0.717) is 6.42 Å². The number of nitrogens with one attached hydrogen (secondary N) is 1. The number of hydrogen-bond acceptors (Lipinski definition) is 5. The van der Waals surface area contributed by atoms with Gasteiger partial charge in [-0.1, -0.05) is 12.8 Å². The van der Waals surface area contributed by atoms with Crippen LogP contribution in [-0.4, -0.2) is 20.9 Å². The number of nitrogens with zero attached hydrogens (tertiary/aromatic N) is 3.